The monoisotopic (exact) mass is 413 g/mol. The number of amides is 1. The molecule has 0 unspecified atom stereocenters. The number of ether oxygens (including phenoxy) is 2. The van der Waals surface area contributed by atoms with Crippen LogP contribution >= 0.6 is 0 Å². The van der Waals surface area contributed by atoms with Gasteiger partial charge in [-0.2, -0.15) is 0 Å². The summed E-state index contributed by atoms with van der Waals surface area (Å²) < 4.78 is 10.6. The van der Waals surface area contributed by atoms with Crippen molar-refractivity contribution in [3.8, 4) is 11.5 Å². The maximum absolute atomic E-state index is 12.7. The van der Waals surface area contributed by atoms with E-state index < -0.39 is 0 Å². The molecule has 1 N–H and O–H groups in total. The molecule has 0 fully saturated rings. The molecule has 0 spiro atoms. The van der Waals surface area contributed by atoms with E-state index in [4.69, 9.17) is 9.47 Å². The van der Waals surface area contributed by atoms with Crippen LogP contribution in [0.25, 0.3) is 0 Å². The van der Waals surface area contributed by atoms with E-state index in [1.165, 1.54) is 0 Å². The highest BCUT2D eigenvalue weighted by atomic mass is 16.5. The van der Waals surface area contributed by atoms with Gasteiger partial charge in [0.15, 0.2) is 11.5 Å². The van der Waals surface area contributed by atoms with Crippen LogP contribution in [0.4, 0.5) is 0 Å². The number of benzene rings is 1. The Hall–Kier alpha value is -2.83. The van der Waals surface area contributed by atoms with Crippen molar-refractivity contribution in [2.24, 2.45) is 0 Å². The summed E-state index contributed by atoms with van der Waals surface area (Å²) in [5.74, 6) is 2.05. The first-order valence-corrected chi connectivity index (χ1v) is 10.6. The molecule has 0 atom stereocenters. The number of aromatic nitrogens is 2. The van der Waals surface area contributed by atoms with Gasteiger partial charge < -0.3 is 19.4 Å². The molecular weight excluding hydrogens is 382 g/mol. The molecule has 0 bridgehead atoms. The Balaban J connectivity index is 1.69. The lowest BCUT2D eigenvalue weighted by molar-refractivity contribution is -0.132. The van der Waals surface area contributed by atoms with E-state index in [0.29, 0.717) is 55.2 Å². The zero-order valence-electron chi connectivity index (χ0n) is 18.1. The van der Waals surface area contributed by atoms with Crippen molar-refractivity contribution in [1.29, 1.82) is 0 Å². The predicted octanol–water partition coefficient (Wildman–Crippen LogP) is 3.23. The van der Waals surface area contributed by atoms with E-state index in [-0.39, 0.29) is 11.5 Å². The first-order chi connectivity index (χ1) is 14.5. The van der Waals surface area contributed by atoms with Gasteiger partial charge in [-0.1, -0.05) is 32.3 Å². The maximum atomic E-state index is 12.7. The van der Waals surface area contributed by atoms with Crippen molar-refractivity contribution < 1.29 is 14.3 Å². The number of methoxy groups -OCH3 is 2. The van der Waals surface area contributed by atoms with Crippen LogP contribution in [0, 0.1) is 0 Å². The average molecular weight is 414 g/mol. The van der Waals surface area contributed by atoms with Gasteiger partial charge in [0, 0.05) is 25.8 Å². The largest absolute Gasteiger partial charge is 0.493 e. The number of hydrogen-bond donors (Lipinski definition) is 1. The van der Waals surface area contributed by atoms with Gasteiger partial charge in [0.2, 0.25) is 5.91 Å². The fraction of sp³-hybridized carbons (Fsp3) is 0.522. The molecule has 7 nitrogen and oxygen atoms in total. The van der Waals surface area contributed by atoms with Gasteiger partial charge in [-0.3, -0.25) is 9.59 Å². The van der Waals surface area contributed by atoms with Gasteiger partial charge in [-0.25, -0.2) is 4.98 Å². The van der Waals surface area contributed by atoms with Crippen LogP contribution in [-0.4, -0.2) is 41.5 Å². The number of aromatic amines is 1. The molecule has 0 radical (unpaired) electrons. The number of nitrogens with one attached hydrogen (secondary N) is 1. The minimum atomic E-state index is -0.154. The van der Waals surface area contributed by atoms with Crippen molar-refractivity contribution in [1.82, 2.24) is 14.9 Å². The van der Waals surface area contributed by atoms with Crippen LogP contribution in [0.3, 0.4) is 0 Å². The number of H-pyrrole nitrogens is 1. The minimum Gasteiger partial charge on any atom is -0.493 e. The highest BCUT2D eigenvalue weighted by molar-refractivity contribution is 5.76. The molecule has 162 valence electrons. The first kappa shape index (κ1) is 21.9. The average Bonchev–Trinajstić information content (AvgIpc) is 2.76. The van der Waals surface area contributed by atoms with Crippen LogP contribution in [0.1, 0.15) is 61.7 Å². The predicted molar refractivity (Wildman–Crippen MR) is 115 cm³/mol. The number of carbonyl (C=O) groups is 1. The summed E-state index contributed by atoms with van der Waals surface area (Å²) in [4.78, 5) is 34.5. The molecule has 7 heteroatoms. The SMILES string of the molecule is CCCCCCC(=O)N1CCc2nc(Cc3ccc(OC)c(OC)c3)[nH]c(=O)c2C1. The molecule has 1 aliphatic rings. The summed E-state index contributed by atoms with van der Waals surface area (Å²) >= 11 is 0. The van der Waals surface area contributed by atoms with Crippen molar-refractivity contribution in [2.45, 2.75) is 58.4 Å². The Labute approximate surface area is 177 Å². The van der Waals surface area contributed by atoms with E-state index in [0.717, 1.165) is 36.9 Å². The second kappa shape index (κ2) is 10.3. The third-order valence-corrected chi connectivity index (χ3v) is 5.53. The molecule has 0 saturated carbocycles. The standard InChI is InChI=1S/C23H31N3O4/c1-4-5-6-7-8-22(27)26-12-11-18-17(15-26)23(28)25-21(24-18)14-16-9-10-19(29-2)20(13-16)30-3/h9-10,13H,4-8,11-12,14-15H2,1-3H3,(H,24,25,28). The van der Waals surface area contributed by atoms with Gasteiger partial charge in [0.05, 0.1) is 32.0 Å². The van der Waals surface area contributed by atoms with Crippen LogP contribution in [0.2, 0.25) is 0 Å². The fourth-order valence-electron chi connectivity index (χ4n) is 3.82. The van der Waals surface area contributed by atoms with Crippen LogP contribution in [0.5, 0.6) is 11.5 Å². The summed E-state index contributed by atoms with van der Waals surface area (Å²) in [5.41, 5.74) is 2.22. The number of rotatable bonds is 9. The summed E-state index contributed by atoms with van der Waals surface area (Å²) in [7, 11) is 3.19. The molecule has 1 aromatic heterocycles. The van der Waals surface area contributed by atoms with Crippen LogP contribution < -0.4 is 15.0 Å². The third-order valence-electron chi connectivity index (χ3n) is 5.53. The van der Waals surface area contributed by atoms with Crippen LogP contribution in [-0.2, 0) is 24.2 Å². The Morgan fingerprint density at radius 2 is 1.97 bits per heavy atom. The van der Waals surface area contributed by atoms with Crippen molar-refractivity contribution in [3.05, 3.63) is 51.2 Å². The minimum absolute atomic E-state index is 0.130. The molecule has 1 aromatic carbocycles. The van der Waals surface area contributed by atoms with E-state index in [2.05, 4.69) is 16.9 Å². The first-order valence-electron chi connectivity index (χ1n) is 10.6. The van der Waals surface area contributed by atoms with Crippen molar-refractivity contribution >= 4 is 5.91 Å². The number of fused-ring (bicyclic) bond motifs is 1. The molecule has 3 rings (SSSR count). The van der Waals surface area contributed by atoms with Crippen molar-refractivity contribution in [3.63, 3.8) is 0 Å². The number of hydrogen-bond acceptors (Lipinski definition) is 5. The Morgan fingerprint density at radius 1 is 1.17 bits per heavy atom. The number of unbranched alkanes of at least 4 members (excludes halogenated alkanes) is 3. The molecule has 0 aliphatic carbocycles. The zero-order chi connectivity index (χ0) is 21.5. The van der Waals surface area contributed by atoms with Gasteiger partial charge in [0.1, 0.15) is 5.82 Å². The second-order valence-electron chi connectivity index (χ2n) is 7.68. The molecule has 2 heterocycles. The second-order valence-corrected chi connectivity index (χ2v) is 7.68. The lowest BCUT2D eigenvalue weighted by Gasteiger charge is -2.28. The van der Waals surface area contributed by atoms with Crippen molar-refractivity contribution in [2.75, 3.05) is 20.8 Å². The van der Waals surface area contributed by atoms with Gasteiger partial charge in [-0.05, 0) is 24.1 Å². The van der Waals surface area contributed by atoms with Crippen LogP contribution in [0.15, 0.2) is 23.0 Å². The normalized spacial score (nSPS) is 13.1. The molecule has 1 aliphatic heterocycles. The van der Waals surface area contributed by atoms with E-state index in [1.807, 2.05) is 18.2 Å². The fourth-order valence-corrected chi connectivity index (χ4v) is 3.82. The Morgan fingerprint density at radius 3 is 2.70 bits per heavy atom. The van der Waals surface area contributed by atoms with E-state index >= 15 is 0 Å². The molecule has 0 saturated heterocycles. The smallest absolute Gasteiger partial charge is 0.256 e. The molecular formula is C23H31N3O4. The summed E-state index contributed by atoms with van der Waals surface area (Å²) in [6.45, 7) is 3.12. The van der Waals surface area contributed by atoms with E-state index in [1.54, 1.807) is 19.1 Å². The highest BCUT2D eigenvalue weighted by Gasteiger charge is 2.24. The molecule has 2 aromatic rings. The van der Waals surface area contributed by atoms with Gasteiger partial charge in [0.25, 0.3) is 5.56 Å². The number of nitrogens with zero attached hydrogens (tertiary/aromatic N) is 2. The Bertz CT molecular complexity index is 939. The number of carbonyl (C=O) groups excluding carboxylic acids is 1. The maximum Gasteiger partial charge on any atom is 0.256 e. The molecule has 1 amide bonds. The highest BCUT2D eigenvalue weighted by Crippen LogP contribution is 2.28. The zero-order valence-corrected chi connectivity index (χ0v) is 18.1. The Kier molecular flexibility index (Phi) is 7.49. The quantitative estimate of drug-likeness (QED) is 0.638. The van der Waals surface area contributed by atoms with Gasteiger partial charge in [-0.15, -0.1) is 0 Å². The lowest BCUT2D eigenvalue weighted by atomic mass is 10.0. The summed E-state index contributed by atoms with van der Waals surface area (Å²) in [6, 6.07) is 5.66. The topological polar surface area (TPSA) is 84.5 Å². The summed E-state index contributed by atoms with van der Waals surface area (Å²) in [6.07, 6.45) is 5.95. The lowest BCUT2D eigenvalue weighted by Crippen LogP contribution is -2.39. The third kappa shape index (κ3) is 5.20. The van der Waals surface area contributed by atoms with E-state index in [9.17, 15) is 9.59 Å². The molecule has 30 heavy (non-hydrogen) atoms. The van der Waals surface area contributed by atoms with Gasteiger partial charge >= 0.3 is 0 Å². The summed E-state index contributed by atoms with van der Waals surface area (Å²) in [5, 5.41) is 0.